The molecule has 2 fully saturated rings. The molecule has 0 amide bonds. The molecule has 3 aliphatic rings. The van der Waals surface area contributed by atoms with Gasteiger partial charge >= 0.3 is 0 Å². The van der Waals surface area contributed by atoms with Gasteiger partial charge in [-0.2, -0.15) is 0 Å². The highest BCUT2D eigenvalue weighted by molar-refractivity contribution is 6.17. The van der Waals surface area contributed by atoms with Crippen LogP contribution < -0.4 is 9.47 Å². The number of carbonyl (C=O) groups is 1. The SMILES string of the molecule is COc1ccc2c(c1)c(C=C1Oc3cc(O)cc(O)c3C1=O)c(C1CC1)n2CCN1CCC(O)C1. The number of likely N-dealkylation sites (tertiary alicyclic amines) is 1. The molecule has 0 bridgehead atoms. The van der Waals surface area contributed by atoms with Crippen molar-refractivity contribution < 1.29 is 29.6 Å². The van der Waals surface area contributed by atoms with Crippen LogP contribution in [0, 0.1) is 0 Å². The summed E-state index contributed by atoms with van der Waals surface area (Å²) in [6.45, 7) is 3.19. The number of methoxy groups -OCH3 is 1. The number of phenolic OH excluding ortho intramolecular Hbond substituents is 2. The van der Waals surface area contributed by atoms with Crippen LogP contribution in [0.15, 0.2) is 36.1 Å². The molecule has 1 aromatic heterocycles. The zero-order chi connectivity index (χ0) is 24.3. The summed E-state index contributed by atoms with van der Waals surface area (Å²) in [4.78, 5) is 15.4. The van der Waals surface area contributed by atoms with Crippen LogP contribution >= 0.6 is 0 Å². The Balaban J connectivity index is 1.46. The van der Waals surface area contributed by atoms with Crippen LogP contribution in [0.25, 0.3) is 17.0 Å². The Morgan fingerprint density at radius 2 is 1.97 bits per heavy atom. The molecule has 1 unspecified atom stereocenters. The minimum Gasteiger partial charge on any atom is -0.508 e. The van der Waals surface area contributed by atoms with Gasteiger partial charge in [0.25, 0.3) is 0 Å². The molecule has 1 saturated carbocycles. The zero-order valence-corrected chi connectivity index (χ0v) is 19.5. The molecule has 1 aliphatic carbocycles. The maximum Gasteiger partial charge on any atom is 0.235 e. The Morgan fingerprint density at radius 3 is 2.69 bits per heavy atom. The summed E-state index contributed by atoms with van der Waals surface area (Å²) >= 11 is 0. The second-order valence-corrected chi connectivity index (χ2v) is 9.63. The Kier molecular flexibility index (Phi) is 5.23. The summed E-state index contributed by atoms with van der Waals surface area (Å²) in [6.07, 6.45) is 4.47. The number of nitrogens with zero attached hydrogens (tertiary/aromatic N) is 2. The van der Waals surface area contributed by atoms with Crippen molar-refractivity contribution in [2.45, 2.75) is 37.8 Å². The number of fused-ring (bicyclic) bond motifs is 2. The van der Waals surface area contributed by atoms with E-state index < -0.39 is 5.78 Å². The first-order valence-electron chi connectivity index (χ1n) is 12.0. The van der Waals surface area contributed by atoms with Crippen molar-refractivity contribution in [2.24, 2.45) is 0 Å². The number of aromatic hydroxyl groups is 2. The molecule has 2 aromatic carbocycles. The number of hydrogen-bond donors (Lipinski definition) is 3. The third-order valence-electron chi connectivity index (χ3n) is 7.22. The topological polar surface area (TPSA) is 104 Å². The summed E-state index contributed by atoms with van der Waals surface area (Å²) in [5, 5.41) is 31.0. The number of aromatic nitrogens is 1. The number of Topliss-reactive ketones (excluding diaryl/α,β-unsaturated/α-hetero) is 1. The molecule has 3 heterocycles. The molecule has 182 valence electrons. The predicted octanol–water partition coefficient (Wildman–Crippen LogP) is 3.62. The van der Waals surface area contributed by atoms with Crippen molar-refractivity contribution >= 4 is 22.8 Å². The fourth-order valence-electron chi connectivity index (χ4n) is 5.36. The van der Waals surface area contributed by atoms with Crippen LogP contribution in [-0.2, 0) is 6.54 Å². The number of aliphatic hydroxyl groups is 1. The van der Waals surface area contributed by atoms with E-state index in [-0.39, 0.29) is 34.7 Å². The van der Waals surface area contributed by atoms with Gasteiger partial charge in [-0.25, -0.2) is 0 Å². The van der Waals surface area contributed by atoms with Crippen LogP contribution in [0.1, 0.15) is 46.8 Å². The summed E-state index contributed by atoms with van der Waals surface area (Å²) in [6, 6.07) is 8.47. The average molecular weight is 477 g/mol. The first kappa shape index (κ1) is 22.0. The van der Waals surface area contributed by atoms with Gasteiger partial charge < -0.3 is 29.4 Å². The zero-order valence-electron chi connectivity index (χ0n) is 19.5. The number of benzene rings is 2. The lowest BCUT2D eigenvalue weighted by Crippen LogP contribution is -2.26. The van der Waals surface area contributed by atoms with E-state index in [1.54, 1.807) is 13.2 Å². The van der Waals surface area contributed by atoms with E-state index in [1.165, 1.54) is 11.8 Å². The Hall–Kier alpha value is -3.49. The molecule has 1 saturated heterocycles. The molecule has 8 nitrogen and oxygen atoms in total. The number of carbonyl (C=O) groups excluding carboxylic acids is 1. The summed E-state index contributed by atoms with van der Waals surface area (Å²) in [5.74, 6) is 0.515. The van der Waals surface area contributed by atoms with E-state index in [4.69, 9.17) is 9.47 Å². The standard InChI is InChI=1S/C27H28N2O6/c1-34-18-4-5-21-19(12-18)20(13-24-27(33)25-22(32)10-17(31)11-23(25)35-24)26(15-2-3-15)29(21)9-8-28-7-6-16(30)14-28/h4-5,10-13,15-16,30-32H,2-3,6-9,14H2,1H3. The maximum atomic E-state index is 13.1. The molecule has 8 heteroatoms. The number of ketones is 1. The van der Waals surface area contributed by atoms with Gasteiger partial charge in [-0.15, -0.1) is 0 Å². The van der Waals surface area contributed by atoms with Gasteiger partial charge in [-0.3, -0.25) is 9.69 Å². The summed E-state index contributed by atoms with van der Waals surface area (Å²) < 4.78 is 13.7. The highest BCUT2D eigenvalue weighted by Gasteiger charge is 2.35. The Morgan fingerprint density at radius 1 is 1.14 bits per heavy atom. The minimum atomic E-state index is -0.408. The van der Waals surface area contributed by atoms with Crippen molar-refractivity contribution in [3.8, 4) is 23.0 Å². The van der Waals surface area contributed by atoms with Crippen molar-refractivity contribution in [1.82, 2.24) is 9.47 Å². The van der Waals surface area contributed by atoms with Crippen LogP contribution in [0.5, 0.6) is 23.0 Å². The molecule has 0 spiro atoms. The third kappa shape index (κ3) is 3.83. The lowest BCUT2D eigenvalue weighted by molar-refractivity contribution is 0.101. The minimum absolute atomic E-state index is 0.0657. The second-order valence-electron chi connectivity index (χ2n) is 9.63. The van der Waals surface area contributed by atoms with Crippen LogP contribution in [0.2, 0.25) is 0 Å². The number of allylic oxidation sites excluding steroid dienone is 1. The second kappa shape index (κ2) is 8.32. The number of rotatable bonds is 6. The van der Waals surface area contributed by atoms with Gasteiger partial charge in [0, 0.05) is 60.5 Å². The summed E-state index contributed by atoms with van der Waals surface area (Å²) in [7, 11) is 1.63. The number of ether oxygens (including phenoxy) is 2. The van der Waals surface area contributed by atoms with Gasteiger partial charge in [0.1, 0.15) is 28.6 Å². The van der Waals surface area contributed by atoms with Gasteiger partial charge in [0.15, 0.2) is 5.76 Å². The molecule has 35 heavy (non-hydrogen) atoms. The number of β-amino-alcohol motifs (C(OH)–C–C–N with tert-alkyl or cyclic N) is 1. The van der Waals surface area contributed by atoms with Crippen molar-refractivity contribution in [2.75, 3.05) is 26.7 Å². The molecule has 3 N–H and O–H groups in total. The Bertz CT molecular complexity index is 1370. The van der Waals surface area contributed by atoms with Crippen molar-refractivity contribution in [3.63, 3.8) is 0 Å². The smallest absolute Gasteiger partial charge is 0.235 e. The lowest BCUT2D eigenvalue weighted by Gasteiger charge is -2.18. The molecule has 0 radical (unpaired) electrons. The molecule has 1 atom stereocenters. The quantitative estimate of drug-likeness (QED) is 0.467. The van der Waals surface area contributed by atoms with E-state index in [0.29, 0.717) is 12.5 Å². The molecule has 2 aliphatic heterocycles. The Labute approximate surface area is 202 Å². The van der Waals surface area contributed by atoms with E-state index >= 15 is 0 Å². The predicted molar refractivity (Wildman–Crippen MR) is 130 cm³/mol. The van der Waals surface area contributed by atoms with Crippen LogP contribution in [0.4, 0.5) is 0 Å². The average Bonchev–Trinajstić information content (AvgIpc) is 3.41. The number of aliphatic hydroxyl groups excluding tert-OH is 1. The third-order valence-corrected chi connectivity index (χ3v) is 7.22. The summed E-state index contributed by atoms with van der Waals surface area (Å²) in [5.41, 5.74) is 3.21. The normalized spacial score (nSPS) is 21.1. The van der Waals surface area contributed by atoms with E-state index in [1.807, 2.05) is 12.1 Å². The van der Waals surface area contributed by atoms with Crippen LogP contribution in [0.3, 0.4) is 0 Å². The first-order chi connectivity index (χ1) is 16.9. The van der Waals surface area contributed by atoms with Gasteiger partial charge in [-0.05, 0) is 49.5 Å². The fraction of sp³-hybridized carbons (Fsp3) is 0.370. The molecular formula is C27H28N2O6. The van der Waals surface area contributed by atoms with Gasteiger partial charge in [-0.1, -0.05) is 0 Å². The number of phenols is 2. The van der Waals surface area contributed by atoms with E-state index in [0.717, 1.165) is 67.2 Å². The maximum absolute atomic E-state index is 13.1. The monoisotopic (exact) mass is 476 g/mol. The highest BCUT2D eigenvalue weighted by Crippen LogP contribution is 2.47. The highest BCUT2D eigenvalue weighted by atomic mass is 16.5. The lowest BCUT2D eigenvalue weighted by atomic mass is 10.0. The molecular weight excluding hydrogens is 448 g/mol. The molecule has 6 rings (SSSR count). The number of hydrogen-bond acceptors (Lipinski definition) is 7. The molecule has 3 aromatic rings. The van der Waals surface area contributed by atoms with Crippen molar-refractivity contribution in [1.29, 1.82) is 0 Å². The first-order valence-corrected chi connectivity index (χ1v) is 12.0. The van der Waals surface area contributed by atoms with Crippen LogP contribution in [-0.4, -0.2) is 63.4 Å². The fourth-order valence-corrected chi connectivity index (χ4v) is 5.36. The van der Waals surface area contributed by atoms with Gasteiger partial charge in [0.05, 0.1) is 13.2 Å². The largest absolute Gasteiger partial charge is 0.508 e. The van der Waals surface area contributed by atoms with E-state index in [9.17, 15) is 20.1 Å². The van der Waals surface area contributed by atoms with Gasteiger partial charge in [0.2, 0.25) is 5.78 Å². The van der Waals surface area contributed by atoms with E-state index in [2.05, 4.69) is 15.5 Å². The van der Waals surface area contributed by atoms with Crippen molar-refractivity contribution in [3.05, 3.63) is 52.9 Å².